The Labute approximate surface area is 118 Å². The number of aromatic nitrogens is 1. The van der Waals surface area contributed by atoms with E-state index >= 15 is 0 Å². The van der Waals surface area contributed by atoms with Gasteiger partial charge in [-0.05, 0) is 29.3 Å². The Bertz CT molecular complexity index is 675. The van der Waals surface area contributed by atoms with Gasteiger partial charge in [0.1, 0.15) is 11.6 Å². The molecule has 7 heteroatoms. The van der Waals surface area contributed by atoms with Crippen molar-refractivity contribution in [2.24, 2.45) is 0 Å². The van der Waals surface area contributed by atoms with Gasteiger partial charge in [0.05, 0.1) is 12.5 Å². The molecular formula is C14H10F3N3O. The maximum atomic E-state index is 12.1. The van der Waals surface area contributed by atoms with Gasteiger partial charge in [0.15, 0.2) is 0 Å². The van der Waals surface area contributed by atoms with E-state index in [1.165, 1.54) is 30.5 Å². The van der Waals surface area contributed by atoms with Crippen LogP contribution in [0.2, 0.25) is 0 Å². The van der Waals surface area contributed by atoms with Crippen molar-refractivity contribution < 1.29 is 17.9 Å². The number of halogens is 3. The molecule has 2 rings (SSSR count). The molecule has 0 atom stereocenters. The van der Waals surface area contributed by atoms with E-state index in [0.29, 0.717) is 16.7 Å². The Hall–Kier alpha value is -2.75. The third kappa shape index (κ3) is 3.63. The SMILES string of the molecule is N#CCc1ccnc(N)c1-c1ccc(OC(F)(F)F)cc1. The van der Waals surface area contributed by atoms with E-state index in [2.05, 4.69) is 9.72 Å². The van der Waals surface area contributed by atoms with E-state index < -0.39 is 6.36 Å². The summed E-state index contributed by atoms with van der Waals surface area (Å²) in [6.07, 6.45) is -3.13. The van der Waals surface area contributed by atoms with Crippen LogP contribution in [0.5, 0.6) is 5.75 Å². The lowest BCUT2D eigenvalue weighted by Crippen LogP contribution is -2.16. The quantitative estimate of drug-likeness (QED) is 0.942. The van der Waals surface area contributed by atoms with Gasteiger partial charge in [-0.25, -0.2) is 4.98 Å². The van der Waals surface area contributed by atoms with Gasteiger partial charge in [-0.1, -0.05) is 12.1 Å². The van der Waals surface area contributed by atoms with Crippen LogP contribution in [-0.4, -0.2) is 11.3 Å². The fourth-order valence-electron chi connectivity index (χ4n) is 1.91. The van der Waals surface area contributed by atoms with E-state index in [9.17, 15) is 13.2 Å². The molecule has 0 fully saturated rings. The molecular weight excluding hydrogens is 283 g/mol. The van der Waals surface area contributed by atoms with E-state index in [-0.39, 0.29) is 18.0 Å². The highest BCUT2D eigenvalue weighted by molar-refractivity contribution is 5.77. The number of nitrogens with zero attached hydrogens (tertiary/aromatic N) is 2. The number of hydrogen-bond acceptors (Lipinski definition) is 4. The molecule has 1 aromatic heterocycles. The predicted molar refractivity (Wildman–Crippen MR) is 70.1 cm³/mol. The molecule has 21 heavy (non-hydrogen) atoms. The first-order chi connectivity index (χ1) is 9.90. The number of anilines is 1. The van der Waals surface area contributed by atoms with Crippen molar-refractivity contribution in [1.82, 2.24) is 4.98 Å². The van der Waals surface area contributed by atoms with Gasteiger partial charge in [-0.15, -0.1) is 13.2 Å². The highest BCUT2D eigenvalue weighted by Crippen LogP contribution is 2.31. The lowest BCUT2D eigenvalue weighted by atomic mass is 9.99. The molecule has 0 radical (unpaired) electrons. The zero-order valence-corrected chi connectivity index (χ0v) is 10.7. The van der Waals surface area contributed by atoms with Crippen molar-refractivity contribution in [3.63, 3.8) is 0 Å². The molecule has 0 spiro atoms. The third-order valence-corrected chi connectivity index (χ3v) is 2.71. The van der Waals surface area contributed by atoms with E-state index in [1.807, 2.05) is 6.07 Å². The fourth-order valence-corrected chi connectivity index (χ4v) is 1.91. The summed E-state index contributed by atoms with van der Waals surface area (Å²) in [5.41, 5.74) is 7.56. The van der Waals surface area contributed by atoms with Gasteiger partial charge in [-0.3, -0.25) is 0 Å². The van der Waals surface area contributed by atoms with Gasteiger partial charge in [0, 0.05) is 11.8 Å². The smallest absolute Gasteiger partial charge is 0.406 e. The monoisotopic (exact) mass is 293 g/mol. The van der Waals surface area contributed by atoms with Crippen LogP contribution >= 0.6 is 0 Å². The van der Waals surface area contributed by atoms with Gasteiger partial charge >= 0.3 is 6.36 Å². The molecule has 108 valence electrons. The number of alkyl halides is 3. The second kappa shape index (κ2) is 5.71. The number of ether oxygens (including phenoxy) is 1. The summed E-state index contributed by atoms with van der Waals surface area (Å²) in [5.74, 6) is -0.109. The van der Waals surface area contributed by atoms with Crippen molar-refractivity contribution in [2.75, 3.05) is 5.73 Å². The maximum absolute atomic E-state index is 12.1. The van der Waals surface area contributed by atoms with E-state index in [4.69, 9.17) is 11.0 Å². The molecule has 0 unspecified atom stereocenters. The Kier molecular flexibility index (Phi) is 3.98. The number of hydrogen-bond donors (Lipinski definition) is 1. The average Bonchev–Trinajstić information content (AvgIpc) is 2.39. The minimum atomic E-state index is -4.74. The first-order valence-electron chi connectivity index (χ1n) is 5.87. The predicted octanol–water partition coefficient (Wildman–Crippen LogP) is 3.30. The molecule has 0 aliphatic carbocycles. The van der Waals surface area contributed by atoms with Gasteiger partial charge in [0.2, 0.25) is 0 Å². The molecule has 4 nitrogen and oxygen atoms in total. The minimum Gasteiger partial charge on any atom is -0.406 e. The minimum absolute atomic E-state index is 0.128. The fraction of sp³-hybridized carbons (Fsp3) is 0.143. The van der Waals surface area contributed by atoms with Crippen molar-refractivity contribution >= 4 is 5.82 Å². The molecule has 1 heterocycles. The van der Waals surface area contributed by atoms with Crippen molar-refractivity contribution in [3.8, 4) is 22.9 Å². The Morgan fingerprint density at radius 2 is 1.86 bits per heavy atom. The van der Waals surface area contributed by atoms with Crippen LogP contribution in [-0.2, 0) is 6.42 Å². The summed E-state index contributed by atoms with van der Waals surface area (Å²) in [5, 5.41) is 8.80. The Balaban J connectivity index is 2.38. The molecule has 0 aliphatic rings. The van der Waals surface area contributed by atoms with E-state index in [1.54, 1.807) is 6.07 Å². The van der Waals surface area contributed by atoms with Crippen LogP contribution in [0, 0.1) is 11.3 Å². The molecule has 0 saturated carbocycles. The molecule has 1 aromatic carbocycles. The summed E-state index contributed by atoms with van der Waals surface area (Å²) in [4.78, 5) is 3.94. The van der Waals surface area contributed by atoms with Gasteiger partial charge in [0.25, 0.3) is 0 Å². The summed E-state index contributed by atoms with van der Waals surface area (Å²) in [6.45, 7) is 0. The Morgan fingerprint density at radius 1 is 1.19 bits per heavy atom. The van der Waals surface area contributed by atoms with Crippen LogP contribution in [0.1, 0.15) is 5.56 Å². The van der Waals surface area contributed by atoms with Crippen LogP contribution < -0.4 is 10.5 Å². The van der Waals surface area contributed by atoms with Crippen molar-refractivity contribution in [1.29, 1.82) is 5.26 Å². The molecule has 0 bridgehead atoms. The first kappa shape index (κ1) is 14.7. The number of pyridine rings is 1. The number of benzene rings is 1. The highest BCUT2D eigenvalue weighted by atomic mass is 19.4. The molecule has 0 aliphatic heterocycles. The van der Waals surface area contributed by atoms with Crippen LogP contribution in [0.4, 0.5) is 19.0 Å². The summed E-state index contributed by atoms with van der Waals surface area (Å²) < 4.78 is 40.1. The molecule has 2 aromatic rings. The highest BCUT2D eigenvalue weighted by Gasteiger charge is 2.31. The normalized spacial score (nSPS) is 11.0. The summed E-state index contributed by atoms with van der Waals surface area (Å²) in [6, 6.07) is 8.91. The first-order valence-corrected chi connectivity index (χ1v) is 5.87. The topological polar surface area (TPSA) is 71.9 Å². The summed E-state index contributed by atoms with van der Waals surface area (Å²) >= 11 is 0. The Morgan fingerprint density at radius 3 is 2.43 bits per heavy atom. The maximum Gasteiger partial charge on any atom is 0.573 e. The van der Waals surface area contributed by atoms with Crippen LogP contribution in [0.15, 0.2) is 36.5 Å². The lowest BCUT2D eigenvalue weighted by Gasteiger charge is -2.12. The number of nitriles is 1. The average molecular weight is 293 g/mol. The van der Waals surface area contributed by atoms with Crippen molar-refractivity contribution in [2.45, 2.75) is 12.8 Å². The second-order valence-electron chi connectivity index (χ2n) is 4.14. The standard InChI is InChI=1S/C14H10F3N3O/c15-14(16,17)21-11-3-1-9(2-4-11)12-10(5-7-18)6-8-20-13(12)19/h1-4,6,8H,5H2,(H2,19,20). The molecule has 0 saturated heterocycles. The van der Waals surface area contributed by atoms with Crippen LogP contribution in [0.3, 0.4) is 0 Å². The zero-order valence-electron chi connectivity index (χ0n) is 10.7. The zero-order chi connectivity index (χ0) is 15.5. The molecule has 0 amide bonds. The van der Waals surface area contributed by atoms with E-state index in [0.717, 1.165) is 0 Å². The molecule has 2 N–H and O–H groups in total. The van der Waals surface area contributed by atoms with Gasteiger partial charge in [-0.2, -0.15) is 5.26 Å². The number of nitrogens with two attached hydrogens (primary N) is 1. The second-order valence-corrected chi connectivity index (χ2v) is 4.14. The van der Waals surface area contributed by atoms with Crippen molar-refractivity contribution in [3.05, 3.63) is 42.1 Å². The third-order valence-electron chi connectivity index (χ3n) is 2.71. The number of rotatable bonds is 3. The lowest BCUT2D eigenvalue weighted by molar-refractivity contribution is -0.274. The van der Waals surface area contributed by atoms with Gasteiger partial charge < -0.3 is 10.5 Å². The summed E-state index contributed by atoms with van der Waals surface area (Å²) in [7, 11) is 0. The largest absolute Gasteiger partial charge is 0.573 e. The van der Waals surface area contributed by atoms with Crippen LogP contribution in [0.25, 0.3) is 11.1 Å². The number of nitrogen functional groups attached to an aromatic ring is 1.